The Balaban J connectivity index is 1.76. The smallest absolute Gasteiger partial charge is 0.335 e. The minimum atomic E-state index is -0.982. The standard InChI is InChI=1S/C22H22N2O6/c1-3-24-20(25)17(23-22(24)28)11-15-7-10-18(19(12-15)29-4-2)30-13-14-5-8-16(9-6-14)21(26)27/h5-12H,3-4,13H2,1-2H3,(H,23,28)(H,26,27)/b17-11-. The maximum atomic E-state index is 12.2. The number of imide groups is 1. The average molecular weight is 410 g/mol. The summed E-state index contributed by atoms with van der Waals surface area (Å²) in [5.74, 6) is -0.341. The number of aromatic carboxylic acids is 1. The van der Waals surface area contributed by atoms with Crippen molar-refractivity contribution >= 4 is 24.0 Å². The molecule has 3 amide bonds. The monoisotopic (exact) mass is 410 g/mol. The Morgan fingerprint density at radius 1 is 1.07 bits per heavy atom. The molecule has 0 spiro atoms. The Morgan fingerprint density at radius 3 is 2.40 bits per heavy atom. The molecule has 2 N–H and O–H groups in total. The van der Waals surface area contributed by atoms with E-state index in [1.165, 1.54) is 12.1 Å². The lowest BCUT2D eigenvalue weighted by atomic mass is 10.1. The molecule has 8 heteroatoms. The number of likely N-dealkylation sites (N-methyl/N-ethyl adjacent to an activating group) is 1. The molecule has 0 bridgehead atoms. The number of carbonyl (C=O) groups excluding carboxylic acids is 2. The maximum Gasteiger partial charge on any atom is 0.335 e. The molecule has 30 heavy (non-hydrogen) atoms. The SMILES string of the molecule is CCOc1cc(/C=C2\NC(=O)N(CC)C2=O)ccc1OCc1ccc(C(=O)O)cc1. The molecule has 8 nitrogen and oxygen atoms in total. The number of urea groups is 1. The van der Waals surface area contributed by atoms with Crippen molar-refractivity contribution in [2.24, 2.45) is 0 Å². The van der Waals surface area contributed by atoms with Crippen molar-refractivity contribution in [1.29, 1.82) is 0 Å². The Labute approximate surface area is 173 Å². The Hall–Kier alpha value is -3.81. The molecule has 0 unspecified atom stereocenters. The summed E-state index contributed by atoms with van der Waals surface area (Å²) in [6.45, 7) is 4.53. The number of carboxylic acids is 1. The van der Waals surface area contributed by atoms with Gasteiger partial charge in [0.1, 0.15) is 12.3 Å². The van der Waals surface area contributed by atoms with Crippen LogP contribution in [0.3, 0.4) is 0 Å². The van der Waals surface area contributed by atoms with Gasteiger partial charge < -0.3 is 19.9 Å². The van der Waals surface area contributed by atoms with Crippen LogP contribution in [-0.4, -0.2) is 41.1 Å². The van der Waals surface area contributed by atoms with E-state index in [9.17, 15) is 14.4 Å². The van der Waals surface area contributed by atoms with E-state index in [-0.39, 0.29) is 23.8 Å². The second kappa shape index (κ2) is 9.13. The zero-order chi connectivity index (χ0) is 21.7. The molecule has 2 aromatic carbocycles. The van der Waals surface area contributed by atoms with Crippen LogP contribution in [0.15, 0.2) is 48.2 Å². The van der Waals surface area contributed by atoms with Gasteiger partial charge in [-0.1, -0.05) is 18.2 Å². The molecule has 3 rings (SSSR count). The van der Waals surface area contributed by atoms with Gasteiger partial charge in [-0.2, -0.15) is 0 Å². The van der Waals surface area contributed by atoms with Crippen LogP contribution in [0.25, 0.3) is 6.08 Å². The quantitative estimate of drug-likeness (QED) is 0.511. The summed E-state index contributed by atoms with van der Waals surface area (Å²) in [6.07, 6.45) is 1.59. The molecular weight excluding hydrogens is 388 g/mol. The van der Waals surface area contributed by atoms with Gasteiger partial charge in [0.25, 0.3) is 5.91 Å². The number of ether oxygens (including phenoxy) is 2. The van der Waals surface area contributed by atoms with Gasteiger partial charge >= 0.3 is 12.0 Å². The van der Waals surface area contributed by atoms with Crippen LogP contribution in [0, 0.1) is 0 Å². The molecule has 0 aliphatic carbocycles. The Kier molecular flexibility index (Phi) is 6.36. The van der Waals surface area contributed by atoms with E-state index in [4.69, 9.17) is 14.6 Å². The largest absolute Gasteiger partial charge is 0.490 e. The van der Waals surface area contributed by atoms with Gasteiger partial charge in [-0.25, -0.2) is 9.59 Å². The fourth-order valence-electron chi connectivity index (χ4n) is 2.93. The molecule has 156 valence electrons. The van der Waals surface area contributed by atoms with Crippen molar-refractivity contribution in [3.05, 3.63) is 64.9 Å². The number of benzene rings is 2. The molecule has 0 aromatic heterocycles. The predicted octanol–water partition coefficient (Wildman–Crippen LogP) is 3.28. The van der Waals surface area contributed by atoms with Crippen LogP contribution in [0.2, 0.25) is 0 Å². The van der Waals surface area contributed by atoms with E-state index in [1.807, 2.05) is 6.92 Å². The van der Waals surface area contributed by atoms with E-state index >= 15 is 0 Å². The first-order valence-electron chi connectivity index (χ1n) is 9.49. The normalized spacial score (nSPS) is 14.7. The molecule has 0 saturated carbocycles. The summed E-state index contributed by atoms with van der Waals surface area (Å²) >= 11 is 0. The van der Waals surface area contributed by atoms with E-state index in [0.29, 0.717) is 30.2 Å². The van der Waals surface area contributed by atoms with Crippen LogP contribution < -0.4 is 14.8 Å². The zero-order valence-electron chi connectivity index (χ0n) is 16.7. The average Bonchev–Trinajstić information content (AvgIpc) is 3.00. The number of rotatable bonds is 8. The van der Waals surface area contributed by atoms with Gasteiger partial charge in [-0.05, 0) is 55.3 Å². The zero-order valence-corrected chi connectivity index (χ0v) is 16.7. The third kappa shape index (κ3) is 4.60. The van der Waals surface area contributed by atoms with E-state index in [2.05, 4.69) is 5.32 Å². The van der Waals surface area contributed by atoms with Gasteiger partial charge in [0.2, 0.25) is 0 Å². The summed E-state index contributed by atoms with van der Waals surface area (Å²) in [7, 11) is 0. The fraction of sp³-hybridized carbons (Fsp3) is 0.227. The summed E-state index contributed by atoms with van der Waals surface area (Å²) in [5.41, 5.74) is 1.91. The highest BCUT2D eigenvalue weighted by Gasteiger charge is 2.32. The summed E-state index contributed by atoms with van der Waals surface area (Å²) in [4.78, 5) is 36.1. The Morgan fingerprint density at radius 2 is 1.80 bits per heavy atom. The van der Waals surface area contributed by atoms with Crippen LogP contribution in [0.1, 0.15) is 35.3 Å². The molecule has 1 fully saturated rings. The maximum absolute atomic E-state index is 12.2. The number of carbonyl (C=O) groups is 3. The van der Waals surface area contributed by atoms with Crippen molar-refractivity contribution in [3.63, 3.8) is 0 Å². The number of hydrogen-bond acceptors (Lipinski definition) is 5. The van der Waals surface area contributed by atoms with Gasteiger partial charge in [-0.15, -0.1) is 0 Å². The highest BCUT2D eigenvalue weighted by molar-refractivity contribution is 6.13. The lowest BCUT2D eigenvalue weighted by Crippen LogP contribution is -2.30. The first kappa shape index (κ1) is 20.9. The second-order valence-corrected chi connectivity index (χ2v) is 6.47. The minimum Gasteiger partial charge on any atom is -0.490 e. The number of hydrogen-bond donors (Lipinski definition) is 2. The number of nitrogens with zero attached hydrogens (tertiary/aromatic N) is 1. The van der Waals surface area contributed by atoms with Gasteiger partial charge in [0.15, 0.2) is 11.5 Å². The van der Waals surface area contributed by atoms with Crippen molar-refractivity contribution in [2.45, 2.75) is 20.5 Å². The molecule has 1 aliphatic rings. The van der Waals surface area contributed by atoms with Crippen LogP contribution >= 0.6 is 0 Å². The number of amides is 3. The third-order valence-corrected chi connectivity index (χ3v) is 4.45. The first-order valence-corrected chi connectivity index (χ1v) is 9.49. The van der Waals surface area contributed by atoms with Crippen molar-refractivity contribution in [1.82, 2.24) is 10.2 Å². The van der Waals surface area contributed by atoms with Gasteiger partial charge in [0, 0.05) is 6.54 Å². The molecule has 0 atom stereocenters. The fourth-order valence-corrected chi connectivity index (χ4v) is 2.93. The highest BCUT2D eigenvalue weighted by atomic mass is 16.5. The minimum absolute atomic E-state index is 0.205. The summed E-state index contributed by atoms with van der Waals surface area (Å²) in [6, 6.07) is 11.2. The molecule has 1 aliphatic heterocycles. The molecule has 0 radical (unpaired) electrons. The number of nitrogens with one attached hydrogen (secondary N) is 1. The van der Waals surface area contributed by atoms with Crippen molar-refractivity contribution in [2.75, 3.05) is 13.2 Å². The van der Waals surface area contributed by atoms with E-state index in [0.717, 1.165) is 10.5 Å². The molecule has 2 aromatic rings. The second-order valence-electron chi connectivity index (χ2n) is 6.47. The van der Waals surface area contributed by atoms with E-state index < -0.39 is 12.0 Å². The lowest BCUT2D eigenvalue weighted by molar-refractivity contribution is -0.122. The van der Waals surface area contributed by atoms with Gasteiger partial charge in [0.05, 0.1) is 12.2 Å². The molecular formula is C22H22N2O6. The summed E-state index contributed by atoms with van der Waals surface area (Å²) < 4.78 is 11.5. The van der Waals surface area contributed by atoms with Crippen LogP contribution in [0.4, 0.5) is 4.79 Å². The predicted molar refractivity (Wildman–Crippen MR) is 109 cm³/mol. The van der Waals surface area contributed by atoms with Crippen LogP contribution in [0.5, 0.6) is 11.5 Å². The first-order chi connectivity index (χ1) is 14.4. The number of carboxylic acid groups (broad SMARTS) is 1. The van der Waals surface area contributed by atoms with Crippen molar-refractivity contribution < 1.29 is 29.0 Å². The Bertz CT molecular complexity index is 997. The lowest BCUT2D eigenvalue weighted by Gasteiger charge is -2.13. The van der Waals surface area contributed by atoms with Crippen molar-refractivity contribution in [3.8, 4) is 11.5 Å². The molecule has 1 saturated heterocycles. The summed E-state index contributed by atoms with van der Waals surface area (Å²) in [5, 5.41) is 11.5. The van der Waals surface area contributed by atoms with Gasteiger partial charge in [-0.3, -0.25) is 9.69 Å². The molecule has 1 heterocycles. The highest BCUT2D eigenvalue weighted by Crippen LogP contribution is 2.30. The van der Waals surface area contributed by atoms with E-state index in [1.54, 1.807) is 43.3 Å². The third-order valence-electron chi connectivity index (χ3n) is 4.45. The topological polar surface area (TPSA) is 105 Å². The van der Waals surface area contributed by atoms with Crippen LogP contribution in [-0.2, 0) is 11.4 Å².